The van der Waals surface area contributed by atoms with E-state index in [4.69, 9.17) is 10.7 Å². The predicted molar refractivity (Wildman–Crippen MR) is 139 cm³/mol. The minimum atomic E-state index is -0.338. The molecule has 3 heterocycles. The summed E-state index contributed by atoms with van der Waals surface area (Å²) >= 11 is 1.57. The number of carbonyl (C=O) groups excluding carboxylic acids is 1. The lowest BCUT2D eigenvalue weighted by molar-refractivity contribution is -0.114. The summed E-state index contributed by atoms with van der Waals surface area (Å²) in [7, 11) is 1.82. The van der Waals surface area contributed by atoms with Gasteiger partial charge in [-0.25, -0.2) is 9.78 Å². The van der Waals surface area contributed by atoms with Gasteiger partial charge in [-0.1, -0.05) is 46.4 Å². The number of thioether (sulfide) groups is 1. The van der Waals surface area contributed by atoms with Crippen molar-refractivity contribution in [2.75, 3.05) is 0 Å². The van der Waals surface area contributed by atoms with Crippen LogP contribution in [0.1, 0.15) is 79.3 Å². The largest absolute Gasteiger partial charge is 0.365 e. The number of nitrogens with zero attached hydrogens (tertiary/aromatic N) is 4. The molecular formula is C26H39N5O2S. The van der Waals surface area contributed by atoms with Gasteiger partial charge in [-0.2, -0.15) is 0 Å². The minimum absolute atomic E-state index is 0.00146. The first-order valence-corrected chi connectivity index (χ1v) is 13.1. The van der Waals surface area contributed by atoms with Gasteiger partial charge in [-0.3, -0.25) is 13.9 Å². The Bertz CT molecular complexity index is 1220. The van der Waals surface area contributed by atoms with Gasteiger partial charge in [-0.05, 0) is 56.1 Å². The van der Waals surface area contributed by atoms with E-state index >= 15 is 0 Å². The third-order valence-electron chi connectivity index (χ3n) is 7.56. The maximum atomic E-state index is 13.0. The van der Waals surface area contributed by atoms with Gasteiger partial charge >= 0.3 is 5.69 Å². The van der Waals surface area contributed by atoms with E-state index in [0.29, 0.717) is 17.4 Å². The lowest BCUT2D eigenvalue weighted by Gasteiger charge is -2.49. The number of pyridine rings is 1. The number of imidazole rings is 1. The molecule has 8 heteroatoms. The molecule has 1 fully saturated rings. The summed E-state index contributed by atoms with van der Waals surface area (Å²) in [6.45, 7) is 15.9. The molecule has 1 aliphatic carbocycles. The van der Waals surface area contributed by atoms with Crippen molar-refractivity contribution in [1.82, 2.24) is 19.0 Å². The molecular weight excluding hydrogens is 446 g/mol. The molecule has 4 rings (SSSR count). The maximum Gasteiger partial charge on any atom is 0.330 e. The maximum absolute atomic E-state index is 13.0. The molecule has 1 amide bonds. The van der Waals surface area contributed by atoms with Crippen molar-refractivity contribution >= 4 is 28.8 Å². The van der Waals surface area contributed by atoms with Crippen molar-refractivity contribution in [2.24, 2.45) is 23.6 Å². The predicted octanol–water partition coefficient (Wildman–Crippen LogP) is 4.56. The molecule has 3 atom stereocenters. The SMILES string of the molecule is CC1=C(C(N)=O)SC(C)N1C1CC(c2ccc3c(n2)n(C)c(=O)n3CC(C)(C)C)CCC1(C)C. The number of primary amides is 1. The van der Waals surface area contributed by atoms with Gasteiger partial charge in [0.25, 0.3) is 5.91 Å². The summed E-state index contributed by atoms with van der Waals surface area (Å²) in [5, 5.41) is 0.174. The minimum Gasteiger partial charge on any atom is -0.365 e. The summed E-state index contributed by atoms with van der Waals surface area (Å²) in [6.07, 6.45) is 3.08. The van der Waals surface area contributed by atoms with Gasteiger partial charge in [0.1, 0.15) is 0 Å². The second-order valence-electron chi connectivity index (χ2n) is 11.9. The van der Waals surface area contributed by atoms with Crippen LogP contribution < -0.4 is 11.4 Å². The number of aromatic nitrogens is 3. The van der Waals surface area contributed by atoms with E-state index in [0.717, 1.165) is 41.8 Å². The molecule has 2 N–H and O–H groups in total. The summed E-state index contributed by atoms with van der Waals surface area (Å²) in [5.41, 5.74) is 9.45. The number of fused-ring (bicyclic) bond motifs is 1. The highest BCUT2D eigenvalue weighted by Gasteiger charge is 2.45. The molecule has 34 heavy (non-hydrogen) atoms. The number of aryl methyl sites for hydroxylation is 1. The molecule has 0 bridgehead atoms. The van der Waals surface area contributed by atoms with Gasteiger partial charge < -0.3 is 10.6 Å². The first-order chi connectivity index (χ1) is 15.7. The lowest BCUT2D eigenvalue weighted by Crippen LogP contribution is -2.49. The van der Waals surface area contributed by atoms with Crippen LogP contribution in [0.4, 0.5) is 0 Å². The zero-order valence-electron chi connectivity index (χ0n) is 21.8. The zero-order valence-corrected chi connectivity index (χ0v) is 22.6. The van der Waals surface area contributed by atoms with E-state index in [-0.39, 0.29) is 33.8 Å². The van der Waals surface area contributed by atoms with Gasteiger partial charge in [0, 0.05) is 36.9 Å². The van der Waals surface area contributed by atoms with E-state index in [1.165, 1.54) is 0 Å². The summed E-state index contributed by atoms with van der Waals surface area (Å²) in [5.74, 6) is -0.0408. The van der Waals surface area contributed by atoms with Gasteiger partial charge in [0.15, 0.2) is 5.65 Å². The Morgan fingerprint density at radius 3 is 2.56 bits per heavy atom. The molecule has 1 aliphatic heterocycles. The lowest BCUT2D eigenvalue weighted by atomic mass is 9.67. The van der Waals surface area contributed by atoms with Crippen molar-refractivity contribution in [3.05, 3.63) is 38.9 Å². The normalized spacial score (nSPS) is 25.4. The van der Waals surface area contributed by atoms with Gasteiger partial charge in [0.05, 0.1) is 15.8 Å². The Balaban J connectivity index is 1.69. The third-order valence-corrected chi connectivity index (χ3v) is 8.86. The quantitative estimate of drug-likeness (QED) is 0.686. The van der Waals surface area contributed by atoms with E-state index in [1.54, 1.807) is 16.3 Å². The van der Waals surface area contributed by atoms with E-state index in [1.807, 2.05) is 18.5 Å². The van der Waals surface area contributed by atoms with Crippen molar-refractivity contribution in [3.63, 3.8) is 0 Å². The molecule has 7 nitrogen and oxygen atoms in total. The molecule has 0 aromatic carbocycles. The number of amides is 1. The molecule has 0 spiro atoms. The molecule has 2 aromatic heterocycles. The number of hydrogen-bond acceptors (Lipinski definition) is 5. The number of allylic oxidation sites excluding steroid dienone is 1. The average molecular weight is 486 g/mol. The number of hydrogen-bond donors (Lipinski definition) is 1. The van der Waals surface area contributed by atoms with Crippen molar-refractivity contribution in [1.29, 1.82) is 0 Å². The Hall–Kier alpha value is -2.22. The second kappa shape index (κ2) is 8.47. The molecule has 3 unspecified atom stereocenters. The van der Waals surface area contributed by atoms with Crippen LogP contribution >= 0.6 is 11.8 Å². The summed E-state index contributed by atoms with van der Waals surface area (Å²) < 4.78 is 3.53. The standard InChI is InChI=1S/C26H39N5O2S/c1-15-21(22(27)32)34-16(2)31(15)20-13-17(11-12-26(20,6)7)18-9-10-19-23(28-18)29(8)24(33)30(19)14-25(3,4)5/h9-10,16-17,20H,11-14H2,1-8H3,(H2,27,32). The first kappa shape index (κ1) is 24.9. The molecule has 0 saturated heterocycles. The number of rotatable bonds is 4. The van der Waals surface area contributed by atoms with Crippen molar-refractivity contribution in [2.45, 2.75) is 91.6 Å². The van der Waals surface area contributed by atoms with Crippen LogP contribution in [0, 0.1) is 10.8 Å². The zero-order chi connectivity index (χ0) is 25.2. The Kier molecular flexibility index (Phi) is 6.20. The molecule has 0 radical (unpaired) electrons. The second-order valence-corrected chi connectivity index (χ2v) is 13.3. The molecule has 1 saturated carbocycles. The summed E-state index contributed by atoms with van der Waals surface area (Å²) in [6, 6.07) is 4.46. The van der Waals surface area contributed by atoms with Crippen LogP contribution in [0.15, 0.2) is 27.5 Å². The van der Waals surface area contributed by atoms with Crippen molar-refractivity contribution < 1.29 is 4.79 Å². The first-order valence-electron chi connectivity index (χ1n) is 12.2. The van der Waals surface area contributed by atoms with Crippen LogP contribution in [0.5, 0.6) is 0 Å². The highest BCUT2D eigenvalue weighted by atomic mass is 32.2. The van der Waals surface area contributed by atoms with Crippen LogP contribution in [-0.4, -0.2) is 36.3 Å². The fourth-order valence-electron chi connectivity index (χ4n) is 5.75. The highest BCUT2D eigenvalue weighted by Crippen LogP contribution is 2.50. The van der Waals surface area contributed by atoms with Crippen LogP contribution in [0.25, 0.3) is 11.2 Å². The fraction of sp³-hybridized carbons (Fsp3) is 0.654. The molecule has 186 valence electrons. The topological polar surface area (TPSA) is 86.2 Å². The number of carbonyl (C=O) groups is 1. The van der Waals surface area contributed by atoms with E-state index in [9.17, 15) is 9.59 Å². The monoisotopic (exact) mass is 485 g/mol. The number of nitrogens with two attached hydrogens (primary N) is 1. The summed E-state index contributed by atoms with van der Waals surface area (Å²) in [4.78, 5) is 33.1. The molecule has 2 aliphatic rings. The van der Waals surface area contributed by atoms with Gasteiger partial charge in [0.2, 0.25) is 0 Å². The Morgan fingerprint density at radius 2 is 1.97 bits per heavy atom. The van der Waals surface area contributed by atoms with Crippen LogP contribution in [0.3, 0.4) is 0 Å². The van der Waals surface area contributed by atoms with E-state index < -0.39 is 0 Å². The Labute approximate surface area is 206 Å². The third kappa shape index (κ3) is 4.30. The average Bonchev–Trinajstić information content (AvgIpc) is 3.15. The Morgan fingerprint density at radius 1 is 1.29 bits per heavy atom. The van der Waals surface area contributed by atoms with Crippen LogP contribution in [0.2, 0.25) is 0 Å². The van der Waals surface area contributed by atoms with E-state index in [2.05, 4.69) is 58.6 Å². The smallest absolute Gasteiger partial charge is 0.330 e. The molecule has 2 aromatic rings. The van der Waals surface area contributed by atoms with Crippen molar-refractivity contribution in [3.8, 4) is 0 Å². The highest BCUT2D eigenvalue weighted by molar-refractivity contribution is 8.04. The van der Waals surface area contributed by atoms with Crippen LogP contribution in [-0.2, 0) is 18.4 Å². The van der Waals surface area contributed by atoms with Gasteiger partial charge in [-0.15, -0.1) is 0 Å². The fourth-order valence-corrected chi connectivity index (χ4v) is 6.90.